The van der Waals surface area contributed by atoms with Crippen LogP contribution in [0.25, 0.3) is 27.7 Å². The van der Waals surface area contributed by atoms with Gasteiger partial charge in [-0.2, -0.15) is 0 Å². The predicted octanol–water partition coefficient (Wildman–Crippen LogP) is 7.84. The Hall–Kier alpha value is -4.09. The molecule has 0 radical (unpaired) electrons. The van der Waals surface area contributed by atoms with Crippen LogP contribution < -0.4 is 10.6 Å². The van der Waals surface area contributed by atoms with Crippen LogP contribution in [0.15, 0.2) is 69.6 Å². The maximum absolute atomic E-state index is 13.8. The summed E-state index contributed by atoms with van der Waals surface area (Å²) < 4.78 is 36.7. The molecule has 0 spiro atoms. The van der Waals surface area contributed by atoms with Gasteiger partial charge in [0.2, 0.25) is 6.23 Å². The molecular weight excluding hydrogens is 617 g/mol. The van der Waals surface area contributed by atoms with Crippen LogP contribution in [0.4, 0.5) is 8.78 Å². The number of benzene rings is 1. The van der Waals surface area contributed by atoms with Crippen LogP contribution in [-0.4, -0.2) is 51.2 Å². The van der Waals surface area contributed by atoms with Crippen molar-refractivity contribution in [1.29, 1.82) is 0 Å². The summed E-state index contributed by atoms with van der Waals surface area (Å²) in [4.78, 5) is 17.7. The Bertz CT molecular complexity index is 1970. The van der Waals surface area contributed by atoms with Crippen LogP contribution in [0, 0.1) is 12.8 Å². The van der Waals surface area contributed by atoms with Crippen LogP contribution in [0.5, 0.6) is 0 Å². The van der Waals surface area contributed by atoms with E-state index < -0.39 is 12.3 Å². The first-order valence-electron chi connectivity index (χ1n) is 16.6. The number of halogens is 2. The van der Waals surface area contributed by atoms with Crippen LogP contribution in [0.2, 0.25) is 0 Å². The molecule has 6 heterocycles. The van der Waals surface area contributed by atoms with Crippen molar-refractivity contribution < 1.29 is 13.5 Å². The third kappa shape index (κ3) is 5.63. The van der Waals surface area contributed by atoms with Gasteiger partial charge in [0.25, 0.3) is 0 Å². The van der Waals surface area contributed by atoms with Gasteiger partial charge in [-0.15, -0.1) is 11.3 Å². The number of fused-ring (bicyclic) bond motifs is 4. The summed E-state index contributed by atoms with van der Waals surface area (Å²) in [5.41, 5.74) is 9.45. The number of hydrogen-bond donors (Lipinski definition) is 3. The van der Waals surface area contributed by atoms with Crippen molar-refractivity contribution in [3.63, 3.8) is 0 Å². The fraction of sp³-hybridized carbons (Fsp3) is 0.417. The monoisotopic (exact) mass is 655 g/mol. The van der Waals surface area contributed by atoms with Crippen molar-refractivity contribution in [2.24, 2.45) is 10.9 Å². The smallest absolute Gasteiger partial charge is 0.229 e. The van der Waals surface area contributed by atoms with Gasteiger partial charge in [-0.25, -0.2) is 18.7 Å². The fourth-order valence-corrected chi connectivity index (χ4v) is 8.02. The maximum atomic E-state index is 13.8. The number of aromatic nitrogens is 4. The van der Waals surface area contributed by atoms with Crippen molar-refractivity contribution in [1.82, 2.24) is 30.2 Å². The number of rotatable bonds is 7. The highest BCUT2D eigenvalue weighted by Crippen LogP contribution is 2.46. The van der Waals surface area contributed by atoms with Crippen LogP contribution in [-0.2, 0) is 4.74 Å². The van der Waals surface area contributed by atoms with E-state index in [9.17, 15) is 8.78 Å². The summed E-state index contributed by atoms with van der Waals surface area (Å²) in [6, 6.07) is 8.62. The largest absolute Gasteiger partial charge is 0.463 e. The molecule has 2 fully saturated rings. The second-order valence-corrected chi connectivity index (χ2v) is 13.9. The Balaban J connectivity index is 1.14. The highest BCUT2D eigenvalue weighted by molar-refractivity contribution is 7.09. The zero-order valence-corrected chi connectivity index (χ0v) is 27.6. The lowest BCUT2D eigenvalue weighted by molar-refractivity contribution is 0.0946. The standard InChI is InChI=1S/C36H39F2N7OS/c1-4-27(28-12-24(37)15-40-28)39-14-19(2)21-5-7-26-32-10-23-9-22(30-17-42-34(44-30)29-13-25(38)16-41-29)6-8-31(23)45(32)36(46-33(26)11-21)35-43-20(3)18-47-35/h6,8-11,14,17-19,24-25,29,36,40-41H,4-5,7,12-13,15-16H2,1-3H3,(H,42,44)/b28-27-,39-14?. The van der Waals surface area contributed by atoms with E-state index in [1.54, 1.807) is 11.3 Å². The van der Waals surface area contributed by atoms with Gasteiger partial charge in [-0.05, 0) is 50.5 Å². The molecule has 8 nitrogen and oxygen atoms in total. The highest BCUT2D eigenvalue weighted by Gasteiger charge is 2.34. The van der Waals surface area contributed by atoms with Gasteiger partial charge < -0.3 is 20.4 Å². The Labute approximate surface area is 276 Å². The minimum absolute atomic E-state index is 0.0910. The third-order valence-electron chi connectivity index (χ3n) is 9.75. The molecule has 1 aliphatic carbocycles. The minimum Gasteiger partial charge on any atom is -0.463 e. The molecule has 244 valence electrons. The molecule has 3 N–H and O–H groups in total. The second kappa shape index (κ2) is 12.2. The third-order valence-corrected chi connectivity index (χ3v) is 10.7. The number of ether oxygens (including phenoxy) is 1. The molecule has 2 saturated heterocycles. The van der Waals surface area contributed by atoms with Crippen LogP contribution >= 0.6 is 11.3 Å². The number of nitrogens with one attached hydrogen (secondary N) is 3. The number of hydrogen-bond acceptors (Lipinski definition) is 7. The molecule has 0 bridgehead atoms. The summed E-state index contributed by atoms with van der Waals surface area (Å²) in [7, 11) is 0. The van der Waals surface area contributed by atoms with E-state index in [-0.39, 0.29) is 18.2 Å². The Morgan fingerprint density at radius 1 is 1.21 bits per heavy atom. The summed E-state index contributed by atoms with van der Waals surface area (Å²) in [5, 5.41) is 10.5. The van der Waals surface area contributed by atoms with Gasteiger partial charge >= 0.3 is 0 Å². The number of allylic oxidation sites excluding steroid dienone is 5. The van der Waals surface area contributed by atoms with Gasteiger partial charge in [0.15, 0.2) is 5.01 Å². The number of H-pyrrole nitrogens is 1. The molecule has 3 aliphatic heterocycles. The molecule has 5 unspecified atom stereocenters. The first-order valence-corrected chi connectivity index (χ1v) is 17.5. The maximum Gasteiger partial charge on any atom is 0.229 e. The summed E-state index contributed by atoms with van der Waals surface area (Å²) in [6.45, 7) is 6.97. The zero-order valence-electron chi connectivity index (χ0n) is 26.8. The lowest BCUT2D eigenvalue weighted by atomic mass is 9.88. The van der Waals surface area contributed by atoms with E-state index in [1.807, 2.05) is 19.3 Å². The first kappa shape index (κ1) is 30.3. The Morgan fingerprint density at radius 2 is 2.11 bits per heavy atom. The van der Waals surface area contributed by atoms with Gasteiger partial charge in [0, 0.05) is 71.4 Å². The predicted molar refractivity (Wildman–Crippen MR) is 183 cm³/mol. The van der Waals surface area contributed by atoms with E-state index in [2.05, 4.69) is 74.7 Å². The van der Waals surface area contributed by atoms with E-state index in [0.717, 1.165) is 80.8 Å². The molecule has 5 atom stereocenters. The number of aliphatic imine (C=N–C) groups is 1. The molecule has 0 saturated carbocycles. The van der Waals surface area contributed by atoms with E-state index in [4.69, 9.17) is 14.7 Å². The quantitative estimate of drug-likeness (QED) is 0.177. The number of thiazole rings is 1. The van der Waals surface area contributed by atoms with Crippen LogP contribution in [0.1, 0.15) is 80.4 Å². The number of aromatic amines is 1. The van der Waals surface area contributed by atoms with Crippen molar-refractivity contribution in [3.8, 4) is 11.3 Å². The summed E-state index contributed by atoms with van der Waals surface area (Å²) >= 11 is 1.61. The van der Waals surface area contributed by atoms with Gasteiger partial charge in [0.1, 0.15) is 23.9 Å². The number of imidazole rings is 1. The molecule has 47 heavy (non-hydrogen) atoms. The zero-order chi connectivity index (χ0) is 32.2. The first-order chi connectivity index (χ1) is 22.8. The van der Waals surface area contributed by atoms with E-state index >= 15 is 0 Å². The number of nitrogens with zero attached hydrogens (tertiary/aromatic N) is 4. The van der Waals surface area contributed by atoms with Gasteiger partial charge in [-0.3, -0.25) is 9.56 Å². The topological polar surface area (TPSA) is 92.2 Å². The molecule has 11 heteroatoms. The molecule has 0 amide bonds. The SMILES string of the molecule is CC/C(N=CC(C)C1=CC2=C(CC1)c1cc3cc(-c4cnc(C5CC(F)CN5)[nH]4)ccc3n1C(c1nc(C)cs1)O2)=C1\CC(F)CN1. The van der Waals surface area contributed by atoms with Crippen molar-refractivity contribution in [3.05, 3.63) is 86.9 Å². The van der Waals surface area contributed by atoms with E-state index in [1.165, 1.54) is 11.1 Å². The average Bonchev–Trinajstić information content (AvgIpc) is 3.91. The van der Waals surface area contributed by atoms with Crippen molar-refractivity contribution in [2.45, 2.75) is 77.5 Å². The number of alkyl halides is 2. The van der Waals surface area contributed by atoms with Crippen LogP contribution in [0.3, 0.4) is 0 Å². The van der Waals surface area contributed by atoms with Gasteiger partial charge in [-0.1, -0.05) is 25.5 Å². The second-order valence-electron chi connectivity index (χ2n) is 13.0. The minimum atomic E-state index is -0.840. The Kier molecular flexibility index (Phi) is 7.84. The highest BCUT2D eigenvalue weighted by atomic mass is 32.1. The fourth-order valence-electron chi connectivity index (χ4n) is 7.21. The van der Waals surface area contributed by atoms with E-state index in [0.29, 0.717) is 25.9 Å². The summed E-state index contributed by atoms with van der Waals surface area (Å²) in [5.74, 6) is 1.77. The number of aryl methyl sites for hydroxylation is 1. The average molecular weight is 656 g/mol. The molecule has 4 aliphatic rings. The lowest BCUT2D eigenvalue weighted by Crippen LogP contribution is -2.23. The lowest BCUT2D eigenvalue weighted by Gasteiger charge is -2.32. The normalized spacial score (nSPS) is 25.9. The molecule has 4 aromatic rings. The van der Waals surface area contributed by atoms with Crippen molar-refractivity contribution >= 4 is 34.0 Å². The molecular formula is C36H39F2N7OS. The molecule has 1 aromatic carbocycles. The Morgan fingerprint density at radius 3 is 2.85 bits per heavy atom. The van der Waals surface area contributed by atoms with Gasteiger partial charge in [0.05, 0.1) is 34.8 Å². The molecule has 8 rings (SSSR count). The van der Waals surface area contributed by atoms with Crippen molar-refractivity contribution in [2.75, 3.05) is 13.1 Å². The molecule has 3 aromatic heterocycles. The summed E-state index contributed by atoms with van der Waals surface area (Å²) in [6.07, 6.45) is 7.34.